The summed E-state index contributed by atoms with van der Waals surface area (Å²) in [5.41, 5.74) is 3.76. The number of hydrogen-bond acceptors (Lipinski definition) is 5. The van der Waals surface area contributed by atoms with Crippen molar-refractivity contribution in [1.82, 2.24) is 16.1 Å². The van der Waals surface area contributed by atoms with Crippen LogP contribution >= 0.6 is 11.6 Å². The fraction of sp³-hybridized carbons (Fsp3) is 0.474. The van der Waals surface area contributed by atoms with Crippen molar-refractivity contribution in [1.29, 1.82) is 5.41 Å². The lowest BCUT2D eigenvalue weighted by Crippen LogP contribution is -2.65. The number of benzene rings is 1. The van der Waals surface area contributed by atoms with E-state index in [2.05, 4.69) is 21.1 Å². The molecule has 0 bridgehead atoms. The van der Waals surface area contributed by atoms with Crippen molar-refractivity contribution in [2.45, 2.75) is 50.8 Å². The van der Waals surface area contributed by atoms with E-state index in [1.54, 1.807) is 18.2 Å². The van der Waals surface area contributed by atoms with E-state index < -0.39 is 24.0 Å². The van der Waals surface area contributed by atoms with Gasteiger partial charge >= 0.3 is 0 Å². The second kappa shape index (κ2) is 11.5. The standard InChI is InChI=1S/C19H27ClN6O3/c20-14-5-6-15(24-11-25-22)13(9-14)10-23-18(28)16(7-8-21)26-19(29)17(27)12-3-1-2-4-12/h5-6,8-9,11-12,16-17,21,27H,1-4,7,10,22H2,(H,23,28)(H,24,25)(H,26,29)/p+1. The summed E-state index contributed by atoms with van der Waals surface area (Å²) >= 11 is 6.04. The lowest BCUT2D eigenvalue weighted by atomic mass is 10.00. The van der Waals surface area contributed by atoms with Crippen molar-refractivity contribution in [3.8, 4) is 0 Å². The highest BCUT2D eigenvalue weighted by Gasteiger charge is 2.31. The Kier molecular flexibility index (Phi) is 9.04. The van der Waals surface area contributed by atoms with Gasteiger partial charge in [0.2, 0.25) is 11.8 Å². The maximum absolute atomic E-state index is 12.6. The first-order chi connectivity index (χ1) is 14.0. The predicted molar refractivity (Wildman–Crippen MR) is 111 cm³/mol. The third kappa shape index (κ3) is 6.81. The van der Waals surface area contributed by atoms with E-state index in [4.69, 9.17) is 22.9 Å². The molecule has 0 aromatic heterocycles. The molecule has 1 aliphatic carbocycles. The zero-order valence-corrected chi connectivity index (χ0v) is 16.8. The van der Waals surface area contributed by atoms with Gasteiger partial charge in [0.1, 0.15) is 17.8 Å². The van der Waals surface area contributed by atoms with Gasteiger partial charge < -0.3 is 21.1 Å². The molecule has 8 N–H and O–H groups in total. The van der Waals surface area contributed by atoms with Gasteiger partial charge in [0, 0.05) is 23.6 Å². The van der Waals surface area contributed by atoms with E-state index in [9.17, 15) is 14.7 Å². The minimum absolute atomic E-state index is 0.0283. The molecule has 0 radical (unpaired) electrons. The Morgan fingerprint density at radius 3 is 2.72 bits per heavy atom. The SMILES string of the molecule is N=CCC(NC(=O)C(O)C1CCCC1)C(=O)NCc1cc(Cl)ccc1[NH+]=CNN. The largest absolute Gasteiger partial charge is 0.383 e. The molecule has 10 heteroatoms. The summed E-state index contributed by atoms with van der Waals surface area (Å²) < 4.78 is 0. The maximum atomic E-state index is 12.6. The zero-order chi connectivity index (χ0) is 21.2. The number of halogens is 1. The van der Waals surface area contributed by atoms with Crippen LogP contribution in [0.4, 0.5) is 5.69 Å². The molecule has 0 saturated heterocycles. The number of carbonyl (C=O) groups is 2. The van der Waals surface area contributed by atoms with Gasteiger partial charge in [-0.15, -0.1) is 0 Å². The van der Waals surface area contributed by atoms with Crippen LogP contribution in [0.2, 0.25) is 5.02 Å². The molecule has 158 valence electrons. The van der Waals surface area contributed by atoms with Gasteiger partial charge in [0.05, 0.1) is 0 Å². The number of nitrogens with one attached hydrogen (secondary N) is 5. The normalized spacial score (nSPS) is 16.4. The smallest absolute Gasteiger partial charge is 0.253 e. The molecule has 0 spiro atoms. The van der Waals surface area contributed by atoms with Gasteiger partial charge in [-0.25, -0.2) is 10.4 Å². The van der Waals surface area contributed by atoms with Crippen LogP contribution < -0.4 is 26.9 Å². The summed E-state index contributed by atoms with van der Waals surface area (Å²) in [6.45, 7) is 0.148. The fourth-order valence-corrected chi connectivity index (χ4v) is 3.56. The van der Waals surface area contributed by atoms with Gasteiger partial charge in [0.15, 0.2) is 0 Å². The monoisotopic (exact) mass is 423 g/mol. The topological polar surface area (TPSA) is 154 Å². The predicted octanol–water partition coefficient (Wildman–Crippen LogP) is -0.765. The van der Waals surface area contributed by atoms with Crippen LogP contribution in [0.3, 0.4) is 0 Å². The summed E-state index contributed by atoms with van der Waals surface area (Å²) in [5.74, 6) is 4.12. The minimum atomic E-state index is -1.14. The fourth-order valence-electron chi connectivity index (χ4n) is 3.37. The van der Waals surface area contributed by atoms with Crippen LogP contribution in [-0.2, 0) is 16.1 Å². The van der Waals surface area contributed by atoms with E-state index in [0.717, 1.165) is 31.9 Å². The van der Waals surface area contributed by atoms with E-state index >= 15 is 0 Å². The first kappa shape index (κ1) is 22.8. The molecule has 1 aromatic carbocycles. The van der Waals surface area contributed by atoms with Crippen LogP contribution in [0.1, 0.15) is 37.7 Å². The Morgan fingerprint density at radius 1 is 1.34 bits per heavy atom. The van der Waals surface area contributed by atoms with Crippen molar-refractivity contribution in [2.24, 2.45) is 11.8 Å². The number of aliphatic hydroxyl groups excluding tert-OH is 1. The summed E-state index contributed by atoms with van der Waals surface area (Å²) in [7, 11) is 0. The molecule has 2 unspecified atom stereocenters. The number of hydrazine groups is 1. The summed E-state index contributed by atoms with van der Waals surface area (Å²) in [5, 5.41) is 23.3. The second-order valence-corrected chi connectivity index (χ2v) is 7.40. The van der Waals surface area contributed by atoms with E-state index in [1.165, 1.54) is 6.34 Å². The highest BCUT2D eigenvalue weighted by molar-refractivity contribution is 6.30. The Balaban J connectivity index is 2.00. The summed E-state index contributed by atoms with van der Waals surface area (Å²) in [6, 6.07) is 4.20. The minimum Gasteiger partial charge on any atom is -0.383 e. The summed E-state index contributed by atoms with van der Waals surface area (Å²) in [4.78, 5) is 27.9. The van der Waals surface area contributed by atoms with Crippen LogP contribution in [0.15, 0.2) is 18.2 Å². The number of aliphatic hydroxyl groups is 1. The second-order valence-electron chi connectivity index (χ2n) is 6.96. The number of amides is 2. The molecule has 2 atom stereocenters. The molecule has 0 aliphatic heterocycles. The lowest BCUT2D eigenvalue weighted by molar-refractivity contribution is -0.351. The number of hydrogen-bond donors (Lipinski definition) is 7. The van der Waals surface area contributed by atoms with Crippen LogP contribution in [0.5, 0.6) is 0 Å². The Bertz CT molecular complexity index is 751. The first-order valence-corrected chi connectivity index (χ1v) is 9.92. The van der Waals surface area contributed by atoms with Crippen LogP contribution in [0.25, 0.3) is 0 Å². The molecule has 1 aromatic rings. The van der Waals surface area contributed by atoms with E-state index in [0.29, 0.717) is 16.3 Å². The number of carbonyl (C=O) groups excluding carboxylic acids is 2. The number of nitrogens with two attached hydrogens (primary N) is 1. The molecule has 0 heterocycles. The Labute approximate surface area is 174 Å². The molecule has 1 aliphatic rings. The van der Waals surface area contributed by atoms with Gasteiger partial charge in [-0.05, 0) is 43.2 Å². The summed E-state index contributed by atoms with van der Waals surface area (Å²) in [6.07, 6.45) is 4.96. The third-order valence-corrected chi connectivity index (χ3v) is 5.17. The third-order valence-electron chi connectivity index (χ3n) is 4.93. The van der Waals surface area contributed by atoms with Crippen LogP contribution in [-0.4, -0.2) is 41.6 Å². The molecule has 1 fully saturated rings. The van der Waals surface area contributed by atoms with Gasteiger partial charge in [0.25, 0.3) is 6.34 Å². The first-order valence-electron chi connectivity index (χ1n) is 9.54. The zero-order valence-electron chi connectivity index (χ0n) is 16.1. The molecule has 29 heavy (non-hydrogen) atoms. The Morgan fingerprint density at radius 2 is 2.07 bits per heavy atom. The van der Waals surface area contributed by atoms with Gasteiger partial charge in [-0.2, -0.15) is 5.84 Å². The molecule has 2 rings (SSSR count). The van der Waals surface area contributed by atoms with Gasteiger partial charge in [-0.3, -0.25) is 9.59 Å². The molecule has 1 saturated carbocycles. The lowest BCUT2D eigenvalue weighted by Gasteiger charge is -2.21. The van der Waals surface area contributed by atoms with Crippen molar-refractivity contribution in [2.75, 3.05) is 0 Å². The molecule has 9 nitrogen and oxygen atoms in total. The highest BCUT2D eigenvalue weighted by atomic mass is 35.5. The number of rotatable bonds is 10. The van der Waals surface area contributed by atoms with Crippen LogP contribution in [0, 0.1) is 11.3 Å². The molecule has 2 amide bonds. The molecular weight excluding hydrogens is 396 g/mol. The van der Waals surface area contributed by atoms with E-state index in [1.807, 2.05) is 0 Å². The molecular formula is C19H28ClN6O3+. The van der Waals surface area contributed by atoms with Gasteiger partial charge in [-0.1, -0.05) is 24.4 Å². The van der Waals surface area contributed by atoms with Crippen molar-refractivity contribution >= 4 is 41.7 Å². The van der Waals surface area contributed by atoms with Crippen molar-refractivity contribution in [3.63, 3.8) is 0 Å². The quantitative estimate of drug-likeness (QED) is 0.114. The van der Waals surface area contributed by atoms with Crippen molar-refractivity contribution < 1.29 is 19.7 Å². The van der Waals surface area contributed by atoms with E-state index in [-0.39, 0.29) is 18.9 Å². The Hall–Kier alpha value is -2.49. The maximum Gasteiger partial charge on any atom is 0.253 e. The van der Waals surface area contributed by atoms with Crippen molar-refractivity contribution in [3.05, 3.63) is 28.8 Å². The average Bonchev–Trinajstić information content (AvgIpc) is 3.25. The highest BCUT2D eigenvalue weighted by Crippen LogP contribution is 2.27. The average molecular weight is 424 g/mol.